The van der Waals surface area contributed by atoms with E-state index in [4.69, 9.17) is 4.74 Å². The van der Waals surface area contributed by atoms with Crippen LogP contribution in [-0.2, 0) is 34.2 Å². The first-order valence-electron chi connectivity index (χ1n) is 9.83. The fourth-order valence-electron chi connectivity index (χ4n) is 3.31. The van der Waals surface area contributed by atoms with Gasteiger partial charge in [-0.15, -0.1) is 0 Å². The second-order valence-electron chi connectivity index (χ2n) is 7.28. The summed E-state index contributed by atoms with van der Waals surface area (Å²) in [5, 5.41) is 0. The number of sulfone groups is 1. The minimum absolute atomic E-state index is 0.0315. The lowest BCUT2D eigenvalue weighted by atomic mass is 10.2. The van der Waals surface area contributed by atoms with E-state index in [2.05, 4.69) is 0 Å². The molecule has 1 saturated heterocycles. The highest BCUT2D eigenvalue weighted by atomic mass is 32.2. The highest BCUT2D eigenvalue weighted by Crippen LogP contribution is 2.18. The maximum atomic E-state index is 13.0. The van der Waals surface area contributed by atoms with Crippen LogP contribution >= 0.6 is 0 Å². The van der Waals surface area contributed by atoms with Crippen molar-refractivity contribution in [3.63, 3.8) is 0 Å². The molecule has 0 spiro atoms. The lowest BCUT2D eigenvalue weighted by molar-refractivity contribution is -0.152. The third-order valence-corrected chi connectivity index (χ3v) is 8.66. The number of hydrogen-bond acceptors (Lipinski definition) is 7. The van der Waals surface area contributed by atoms with Gasteiger partial charge in [-0.3, -0.25) is 9.59 Å². The average Bonchev–Trinajstić information content (AvgIpc) is 3.06. The second-order valence-corrected chi connectivity index (χ2v) is 11.6. The summed E-state index contributed by atoms with van der Waals surface area (Å²) < 4.78 is 67.0. The molecule has 0 saturated carbocycles. The Morgan fingerprint density at radius 3 is 2.42 bits per heavy atom. The molecule has 1 fully saturated rings. The van der Waals surface area contributed by atoms with Gasteiger partial charge in [0.2, 0.25) is 10.0 Å². The van der Waals surface area contributed by atoms with Gasteiger partial charge in [0.15, 0.2) is 16.4 Å². The van der Waals surface area contributed by atoms with Crippen LogP contribution in [-0.4, -0.2) is 82.2 Å². The molecule has 1 amide bonds. The number of carbonyl (C=O) groups excluding carboxylic acids is 2. The first-order valence-corrected chi connectivity index (χ1v) is 13.1. The molecule has 174 valence electrons. The third kappa shape index (κ3) is 6.97. The van der Waals surface area contributed by atoms with Crippen molar-refractivity contribution in [2.75, 3.05) is 38.2 Å². The second kappa shape index (κ2) is 10.5. The van der Waals surface area contributed by atoms with Crippen molar-refractivity contribution in [2.24, 2.45) is 0 Å². The van der Waals surface area contributed by atoms with Gasteiger partial charge in [-0.05, 0) is 44.0 Å². The van der Waals surface area contributed by atoms with E-state index in [1.807, 2.05) is 0 Å². The van der Waals surface area contributed by atoms with Gasteiger partial charge in [-0.1, -0.05) is 0 Å². The Balaban J connectivity index is 1.77. The van der Waals surface area contributed by atoms with Gasteiger partial charge in [0, 0.05) is 32.6 Å². The Kier molecular flexibility index (Phi) is 8.55. The number of amides is 1. The van der Waals surface area contributed by atoms with Crippen molar-refractivity contribution >= 4 is 31.7 Å². The Morgan fingerprint density at radius 2 is 1.87 bits per heavy atom. The van der Waals surface area contributed by atoms with Crippen LogP contribution in [0, 0.1) is 5.82 Å². The molecule has 12 heteroatoms. The lowest BCUT2D eigenvalue weighted by Gasteiger charge is -2.26. The Hall–Kier alpha value is -2.05. The zero-order valence-corrected chi connectivity index (χ0v) is 19.1. The molecular weight excluding hydrogens is 451 g/mol. The smallest absolute Gasteiger partial charge is 0.306 e. The van der Waals surface area contributed by atoms with E-state index in [-0.39, 0.29) is 35.8 Å². The van der Waals surface area contributed by atoms with Crippen LogP contribution in [0.3, 0.4) is 0 Å². The van der Waals surface area contributed by atoms with Crippen molar-refractivity contribution in [3.8, 4) is 0 Å². The van der Waals surface area contributed by atoms with Crippen molar-refractivity contribution in [2.45, 2.75) is 37.1 Å². The summed E-state index contributed by atoms with van der Waals surface area (Å²) in [6.07, 6.45) is 0.438. The molecule has 0 aliphatic carbocycles. The van der Waals surface area contributed by atoms with Gasteiger partial charge >= 0.3 is 5.97 Å². The molecule has 1 unspecified atom stereocenters. The fraction of sp³-hybridized carbons (Fsp3) is 0.579. The van der Waals surface area contributed by atoms with E-state index in [9.17, 15) is 30.8 Å². The minimum atomic E-state index is -3.81. The van der Waals surface area contributed by atoms with E-state index in [0.29, 0.717) is 13.0 Å². The van der Waals surface area contributed by atoms with Crippen molar-refractivity contribution in [3.05, 3.63) is 30.1 Å². The number of halogens is 1. The molecule has 9 nitrogen and oxygen atoms in total. The van der Waals surface area contributed by atoms with Gasteiger partial charge in [-0.25, -0.2) is 25.5 Å². The first-order chi connectivity index (χ1) is 14.5. The summed E-state index contributed by atoms with van der Waals surface area (Å²) in [6, 6.07) is 4.02. The van der Waals surface area contributed by atoms with Gasteiger partial charge < -0.3 is 9.64 Å². The quantitative estimate of drug-likeness (QED) is 0.457. The summed E-state index contributed by atoms with van der Waals surface area (Å²) >= 11 is 0. The van der Waals surface area contributed by atoms with E-state index < -0.39 is 50.2 Å². The largest absolute Gasteiger partial charge is 0.456 e. The minimum Gasteiger partial charge on any atom is -0.456 e. The summed E-state index contributed by atoms with van der Waals surface area (Å²) in [5.74, 6) is -1.72. The number of sulfonamides is 1. The molecule has 31 heavy (non-hydrogen) atoms. The molecule has 1 aliphatic heterocycles. The van der Waals surface area contributed by atoms with Crippen molar-refractivity contribution in [1.29, 1.82) is 0 Å². The zero-order chi connectivity index (χ0) is 23.2. The van der Waals surface area contributed by atoms with Gasteiger partial charge in [0.1, 0.15) is 5.82 Å². The number of benzene rings is 1. The molecule has 1 heterocycles. The van der Waals surface area contributed by atoms with Crippen LogP contribution in [0.25, 0.3) is 0 Å². The van der Waals surface area contributed by atoms with Gasteiger partial charge in [0.25, 0.3) is 5.91 Å². The number of ether oxygens (including phenoxy) is 1. The molecule has 1 aromatic carbocycles. The number of nitrogens with zero attached hydrogens (tertiary/aromatic N) is 2. The van der Waals surface area contributed by atoms with Crippen LogP contribution < -0.4 is 0 Å². The van der Waals surface area contributed by atoms with Crippen molar-refractivity contribution in [1.82, 2.24) is 9.21 Å². The molecule has 2 rings (SSSR count). The maximum Gasteiger partial charge on any atom is 0.306 e. The van der Waals surface area contributed by atoms with E-state index in [1.165, 1.54) is 11.9 Å². The summed E-state index contributed by atoms with van der Waals surface area (Å²) in [7, 11) is -5.60. The number of hydrogen-bond donors (Lipinski definition) is 0. The molecular formula is C19H27FN2O7S2. The predicted octanol–water partition coefficient (Wildman–Crippen LogP) is 0.805. The Morgan fingerprint density at radius 1 is 1.23 bits per heavy atom. The third-order valence-electron chi connectivity index (χ3n) is 5.04. The number of carbonyl (C=O) groups is 2. The summed E-state index contributed by atoms with van der Waals surface area (Å²) in [4.78, 5) is 25.6. The lowest BCUT2D eigenvalue weighted by Crippen LogP contribution is -2.43. The average molecular weight is 479 g/mol. The fourth-order valence-corrected chi connectivity index (χ4v) is 6.25. The number of likely N-dealkylation sites (N-methyl/N-ethyl adjacent to an activating group) is 1. The highest BCUT2D eigenvalue weighted by molar-refractivity contribution is 7.91. The Bertz CT molecular complexity index is 995. The molecule has 1 atom stereocenters. The topological polar surface area (TPSA) is 118 Å². The predicted molar refractivity (Wildman–Crippen MR) is 111 cm³/mol. The number of rotatable bonds is 10. The van der Waals surface area contributed by atoms with E-state index in [1.54, 1.807) is 6.92 Å². The first kappa shape index (κ1) is 25.2. The van der Waals surface area contributed by atoms with E-state index >= 15 is 0 Å². The van der Waals surface area contributed by atoms with Crippen LogP contribution in [0.15, 0.2) is 29.2 Å². The molecule has 1 aliphatic rings. The monoisotopic (exact) mass is 478 g/mol. The summed E-state index contributed by atoms with van der Waals surface area (Å²) in [6.45, 7) is 1.57. The molecule has 0 radical (unpaired) electrons. The SMILES string of the molecule is CCN(C(=O)COC(=O)CCCN(C)S(=O)(=O)c1ccc(F)cc1)C1CCS(=O)(=O)C1. The molecule has 0 bridgehead atoms. The highest BCUT2D eigenvalue weighted by Gasteiger charge is 2.34. The van der Waals surface area contributed by atoms with Gasteiger partial charge in [-0.2, -0.15) is 0 Å². The normalized spacial score (nSPS) is 18.1. The zero-order valence-electron chi connectivity index (χ0n) is 17.5. The standard InChI is InChI=1S/C19H27FN2O7S2/c1-3-22(16-10-12-30(25,26)14-16)18(23)13-29-19(24)5-4-11-21(2)31(27,28)17-8-6-15(20)7-9-17/h6-9,16H,3-5,10-14H2,1-2H3. The maximum absolute atomic E-state index is 13.0. The molecule has 1 aromatic rings. The summed E-state index contributed by atoms with van der Waals surface area (Å²) in [5.41, 5.74) is 0. The van der Waals surface area contributed by atoms with Crippen LogP contribution in [0.4, 0.5) is 4.39 Å². The van der Waals surface area contributed by atoms with Crippen LogP contribution in [0.1, 0.15) is 26.2 Å². The molecule has 0 N–H and O–H groups in total. The Labute approximate surface area is 182 Å². The van der Waals surface area contributed by atoms with Crippen molar-refractivity contribution < 1.29 is 35.6 Å². The van der Waals surface area contributed by atoms with Gasteiger partial charge in [0.05, 0.1) is 16.4 Å². The van der Waals surface area contributed by atoms with Crippen LogP contribution in [0.5, 0.6) is 0 Å². The van der Waals surface area contributed by atoms with E-state index in [0.717, 1.165) is 28.6 Å². The number of esters is 1. The molecule has 0 aromatic heterocycles. The van der Waals surface area contributed by atoms with Crippen LogP contribution in [0.2, 0.25) is 0 Å².